The van der Waals surface area contributed by atoms with Gasteiger partial charge in [-0.2, -0.15) is 0 Å². The van der Waals surface area contributed by atoms with Crippen molar-refractivity contribution >= 4 is 21.8 Å². The van der Waals surface area contributed by atoms with Gasteiger partial charge in [-0.3, -0.25) is 4.79 Å². The molecule has 1 amide bonds. The van der Waals surface area contributed by atoms with Crippen molar-refractivity contribution in [1.29, 1.82) is 0 Å². The Morgan fingerprint density at radius 1 is 1.56 bits per heavy atom. The number of benzene rings is 1. The van der Waals surface area contributed by atoms with Crippen LogP contribution in [-0.2, 0) is 0 Å². The number of aromatic hydroxyl groups is 1. The van der Waals surface area contributed by atoms with Crippen LogP contribution in [0.5, 0.6) is 5.75 Å². The van der Waals surface area contributed by atoms with Crippen LogP contribution >= 0.6 is 15.9 Å². The second-order valence-corrected chi connectivity index (χ2v) is 4.59. The molecule has 0 aromatic heterocycles. The first kappa shape index (κ1) is 13.0. The van der Waals surface area contributed by atoms with Crippen molar-refractivity contribution in [2.75, 3.05) is 12.4 Å². The van der Waals surface area contributed by atoms with Crippen LogP contribution < -0.4 is 0 Å². The Balaban J connectivity index is 2.96. The number of carbonyl (C=O) groups excluding carboxylic acids is 1. The maximum absolute atomic E-state index is 12.0. The largest absolute Gasteiger partial charge is 0.507 e. The fourth-order valence-corrected chi connectivity index (χ4v) is 1.75. The van der Waals surface area contributed by atoms with Crippen LogP contribution in [0.25, 0.3) is 0 Å². The van der Waals surface area contributed by atoms with Crippen molar-refractivity contribution in [3.63, 3.8) is 0 Å². The minimum atomic E-state index is -0.163. The van der Waals surface area contributed by atoms with Crippen molar-refractivity contribution in [1.82, 2.24) is 4.90 Å². The molecule has 1 unspecified atom stereocenters. The van der Waals surface area contributed by atoms with Gasteiger partial charge in [-0.25, -0.2) is 0 Å². The third-order valence-electron chi connectivity index (χ3n) is 2.59. The third-order valence-corrected chi connectivity index (χ3v) is 3.53. The highest BCUT2D eigenvalue weighted by atomic mass is 79.9. The fourth-order valence-electron chi connectivity index (χ4n) is 1.32. The van der Waals surface area contributed by atoms with Crippen LogP contribution in [-0.4, -0.2) is 34.3 Å². The predicted molar refractivity (Wildman–Crippen MR) is 68.2 cm³/mol. The molecule has 0 fully saturated rings. The van der Waals surface area contributed by atoms with E-state index < -0.39 is 0 Å². The van der Waals surface area contributed by atoms with Crippen LogP contribution in [0.15, 0.2) is 18.2 Å². The summed E-state index contributed by atoms with van der Waals surface area (Å²) < 4.78 is 0. The number of aryl methyl sites for hydroxylation is 1. The van der Waals surface area contributed by atoms with Crippen molar-refractivity contribution in [3.05, 3.63) is 29.3 Å². The average molecular weight is 286 g/mol. The van der Waals surface area contributed by atoms with Gasteiger partial charge < -0.3 is 10.0 Å². The van der Waals surface area contributed by atoms with Gasteiger partial charge in [0.2, 0.25) is 0 Å². The highest BCUT2D eigenvalue weighted by Crippen LogP contribution is 2.20. The molecule has 1 atom stereocenters. The van der Waals surface area contributed by atoms with E-state index in [1.54, 1.807) is 24.1 Å². The molecule has 4 heteroatoms. The second kappa shape index (κ2) is 5.34. The van der Waals surface area contributed by atoms with Crippen molar-refractivity contribution < 1.29 is 9.90 Å². The predicted octanol–water partition coefficient (Wildman–Crippen LogP) is 2.56. The zero-order valence-electron chi connectivity index (χ0n) is 9.70. The molecule has 0 spiro atoms. The molecular weight excluding hydrogens is 270 g/mol. The summed E-state index contributed by atoms with van der Waals surface area (Å²) in [6.45, 7) is 3.82. The molecular formula is C12H16BrNO2. The molecule has 1 aromatic carbocycles. The molecule has 0 aliphatic rings. The summed E-state index contributed by atoms with van der Waals surface area (Å²) in [4.78, 5) is 13.6. The van der Waals surface area contributed by atoms with E-state index in [0.717, 1.165) is 5.56 Å². The normalized spacial score (nSPS) is 12.2. The van der Waals surface area contributed by atoms with Crippen LogP contribution in [0.2, 0.25) is 0 Å². The summed E-state index contributed by atoms with van der Waals surface area (Å²) in [5.74, 6) is -0.122. The number of halogens is 1. The van der Waals surface area contributed by atoms with Crippen molar-refractivity contribution in [2.45, 2.75) is 19.9 Å². The Morgan fingerprint density at radius 3 is 2.69 bits per heavy atom. The van der Waals surface area contributed by atoms with E-state index >= 15 is 0 Å². The quantitative estimate of drug-likeness (QED) is 0.867. The first-order valence-electron chi connectivity index (χ1n) is 5.10. The standard InChI is InChI=1S/C12H16BrNO2/c1-8-4-5-10(11(15)6-8)12(16)14(3)9(2)7-13/h4-6,9,15H,7H2,1-3H3. The van der Waals surface area contributed by atoms with Crippen molar-refractivity contribution in [3.8, 4) is 5.75 Å². The van der Waals surface area contributed by atoms with Crippen LogP contribution in [0.4, 0.5) is 0 Å². The molecule has 1 aromatic rings. The highest BCUT2D eigenvalue weighted by molar-refractivity contribution is 9.09. The number of alkyl halides is 1. The minimum Gasteiger partial charge on any atom is -0.507 e. The van der Waals surface area contributed by atoms with E-state index in [1.165, 1.54) is 0 Å². The topological polar surface area (TPSA) is 40.5 Å². The van der Waals surface area contributed by atoms with E-state index in [0.29, 0.717) is 10.9 Å². The summed E-state index contributed by atoms with van der Waals surface area (Å²) in [6, 6.07) is 5.16. The van der Waals surface area contributed by atoms with Gasteiger partial charge >= 0.3 is 0 Å². The average Bonchev–Trinajstić information content (AvgIpc) is 2.26. The van der Waals surface area contributed by atoms with Crippen LogP contribution in [0, 0.1) is 6.92 Å². The maximum atomic E-state index is 12.0. The van der Waals surface area contributed by atoms with Gasteiger partial charge in [0.15, 0.2) is 0 Å². The summed E-state index contributed by atoms with van der Waals surface area (Å²) in [5, 5.41) is 10.4. The molecule has 1 N–H and O–H groups in total. The van der Waals surface area contributed by atoms with Gasteiger partial charge in [0.1, 0.15) is 5.75 Å². The molecule has 0 saturated carbocycles. The van der Waals surface area contributed by atoms with Gasteiger partial charge in [0.25, 0.3) is 5.91 Å². The number of phenols is 1. The summed E-state index contributed by atoms with van der Waals surface area (Å²) in [7, 11) is 1.73. The lowest BCUT2D eigenvalue weighted by Crippen LogP contribution is -2.36. The Bertz CT molecular complexity index is 393. The Kier molecular flexibility index (Phi) is 4.35. The Labute approximate surface area is 104 Å². The summed E-state index contributed by atoms with van der Waals surface area (Å²) in [5.41, 5.74) is 1.28. The molecule has 3 nitrogen and oxygen atoms in total. The Hall–Kier alpha value is -1.03. The summed E-state index contributed by atoms with van der Waals surface area (Å²) in [6.07, 6.45) is 0. The smallest absolute Gasteiger partial charge is 0.257 e. The molecule has 1 rings (SSSR count). The zero-order valence-corrected chi connectivity index (χ0v) is 11.3. The fraction of sp³-hybridized carbons (Fsp3) is 0.417. The molecule has 0 radical (unpaired) electrons. The number of nitrogens with zero attached hydrogens (tertiary/aromatic N) is 1. The SMILES string of the molecule is Cc1ccc(C(=O)N(C)C(C)CBr)c(O)c1. The number of rotatable bonds is 3. The monoisotopic (exact) mass is 285 g/mol. The number of phenolic OH excluding ortho intramolecular Hbond substituents is 1. The number of carbonyl (C=O) groups is 1. The second-order valence-electron chi connectivity index (χ2n) is 3.94. The number of hydrogen-bond acceptors (Lipinski definition) is 2. The van der Waals surface area contributed by atoms with Gasteiger partial charge in [0.05, 0.1) is 5.56 Å². The minimum absolute atomic E-state index is 0.0404. The molecule has 0 saturated heterocycles. The third kappa shape index (κ3) is 2.76. The molecule has 0 aliphatic carbocycles. The Morgan fingerprint density at radius 2 is 2.19 bits per heavy atom. The zero-order chi connectivity index (χ0) is 12.3. The molecule has 0 bridgehead atoms. The van der Waals surface area contributed by atoms with Gasteiger partial charge in [-0.1, -0.05) is 22.0 Å². The van der Waals surface area contributed by atoms with E-state index in [9.17, 15) is 9.90 Å². The van der Waals surface area contributed by atoms with E-state index in [1.807, 2.05) is 19.9 Å². The molecule has 0 aliphatic heterocycles. The van der Waals surface area contributed by atoms with Crippen LogP contribution in [0.3, 0.4) is 0 Å². The first-order chi connectivity index (χ1) is 7.47. The maximum Gasteiger partial charge on any atom is 0.257 e. The van der Waals surface area contributed by atoms with Crippen LogP contribution in [0.1, 0.15) is 22.8 Å². The van der Waals surface area contributed by atoms with Gasteiger partial charge in [0, 0.05) is 18.4 Å². The lowest BCUT2D eigenvalue weighted by atomic mass is 10.1. The number of amides is 1. The highest BCUT2D eigenvalue weighted by Gasteiger charge is 2.19. The first-order valence-corrected chi connectivity index (χ1v) is 6.22. The molecule has 0 heterocycles. The van der Waals surface area contributed by atoms with Crippen molar-refractivity contribution in [2.24, 2.45) is 0 Å². The summed E-state index contributed by atoms with van der Waals surface area (Å²) >= 11 is 3.33. The molecule has 88 valence electrons. The molecule has 16 heavy (non-hydrogen) atoms. The lowest BCUT2D eigenvalue weighted by molar-refractivity contribution is 0.0755. The van der Waals surface area contributed by atoms with Gasteiger partial charge in [-0.05, 0) is 31.5 Å². The number of hydrogen-bond donors (Lipinski definition) is 1. The van der Waals surface area contributed by atoms with Gasteiger partial charge in [-0.15, -0.1) is 0 Å². The van der Waals surface area contributed by atoms with E-state index in [2.05, 4.69) is 15.9 Å². The van der Waals surface area contributed by atoms with E-state index in [-0.39, 0.29) is 17.7 Å². The van der Waals surface area contributed by atoms with E-state index in [4.69, 9.17) is 0 Å². The lowest BCUT2D eigenvalue weighted by Gasteiger charge is -2.23.